The molecule has 22 heavy (non-hydrogen) atoms. The lowest BCUT2D eigenvalue weighted by Crippen LogP contribution is -2.63. The second-order valence-electron chi connectivity index (χ2n) is 5.71. The molecular formula is C15H18N2O4S. The van der Waals surface area contributed by atoms with Gasteiger partial charge in [-0.15, -0.1) is 0 Å². The Labute approximate surface area is 129 Å². The quantitative estimate of drug-likeness (QED) is 0.908. The van der Waals surface area contributed by atoms with Crippen LogP contribution in [0.5, 0.6) is 0 Å². The third-order valence-electron chi connectivity index (χ3n) is 4.35. The predicted molar refractivity (Wildman–Crippen MR) is 79.7 cm³/mol. The van der Waals surface area contributed by atoms with Crippen LogP contribution in [0, 0.1) is 0 Å². The highest BCUT2D eigenvalue weighted by Crippen LogP contribution is 2.41. The number of piperidine rings is 1. The number of rotatable bonds is 3. The van der Waals surface area contributed by atoms with Crippen molar-refractivity contribution in [3.63, 3.8) is 0 Å². The fourth-order valence-corrected chi connectivity index (χ4v) is 5.34. The third-order valence-corrected chi connectivity index (χ3v) is 6.26. The summed E-state index contributed by atoms with van der Waals surface area (Å²) in [6.07, 6.45) is 1.97. The van der Waals surface area contributed by atoms with Crippen LogP contribution in [0.15, 0.2) is 29.2 Å². The van der Waals surface area contributed by atoms with Gasteiger partial charge in [-0.3, -0.25) is 9.59 Å². The van der Waals surface area contributed by atoms with E-state index in [1.807, 2.05) is 6.92 Å². The van der Waals surface area contributed by atoms with Gasteiger partial charge in [0.2, 0.25) is 5.91 Å². The maximum Gasteiger partial charge on any atom is 0.270 e. The van der Waals surface area contributed by atoms with Crippen LogP contribution in [0.1, 0.15) is 43.0 Å². The standard InChI is InChI=1S/C15H18N2O4S/c1-2-8-15(9-5-10-16-14(15)19)17-13(18)11-6-3-4-7-12(11)22(17,20)21/h3-4,6-7H,2,5,8-10H2,1H3,(H,16,19). The third kappa shape index (κ3) is 1.88. The first kappa shape index (κ1) is 15.0. The number of hydrogen-bond donors (Lipinski definition) is 1. The summed E-state index contributed by atoms with van der Waals surface area (Å²) in [5, 5.41) is 2.72. The highest BCUT2D eigenvalue weighted by atomic mass is 32.2. The van der Waals surface area contributed by atoms with E-state index in [1.165, 1.54) is 12.1 Å². The molecule has 1 saturated heterocycles. The van der Waals surface area contributed by atoms with E-state index in [-0.39, 0.29) is 16.4 Å². The molecule has 1 fully saturated rings. The molecule has 1 unspecified atom stereocenters. The van der Waals surface area contributed by atoms with Gasteiger partial charge in [-0.2, -0.15) is 0 Å². The first-order valence-corrected chi connectivity index (χ1v) is 8.86. The summed E-state index contributed by atoms with van der Waals surface area (Å²) in [4.78, 5) is 25.2. The summed E-state index contributed by atoms with van der Waals surface area (Å²) in [7, 11) is -3.99. The van der Waals surface area contributed by atoms with Crippen LogP contribution in [0.4, 0.5) is 0 Å². The monoisotopic (exact) mass is 322 g/mol. The molecular weight excluding hydrogens is 304 g/mol. The number of carbonyl (C=O) groups excluding carboxylic acids is 2. The van der Waals surface area contributed by atoms with Crippen molar-refractivity contribution in [3.05, 3.63) is 29.8 Å². The molecule has 118 valence electrons. The molecule has 1 atom stereocenters. The fourth-order valence-electron chi connectivity index (χ4n) is 3.42. The second-order valence-corrected chi connectivity index (χ2v) is 7.47. The topological polar surface area (TPSA) is 83.6 Å². The van der Waals surface area contributed by atoms with Gasteiger partial charge in [-0.05, 0) is 31.4 Å². The molecule has 1 N–H and O–H groups in total. The van der Waals surface area contributed by atoms with Gasteiger partial charge in [0.25, 0.3) is 15.9 Å². The highest BCUT2D eigenvalue weighted by Gasteiger charge is 2.56. The molecule has 0 bridgehead atoms. The summed E-state index contributed by atoms with van der Waals surface area (Å²) in [6.45, 7) is 2.39. The van der Waals surface area contributed by atoms with Gasteiger partial charge >= 0.3 is 0 Å². The van der Waals surface area contributed by atoms with Crippen LogP contribution in [0.3, 0.4) is 0 Å². The fraction of sp³-hybridized carbons (Fsp3) is 0.467. The average molecular weight is 322 g/mol. The Balaban J connectivity index is 2.18. The van der Waals surface area contributed by atoms with Crippen LogP contribution < -0.4 is 5.32 Å². The van der Waals surface area contributed by atoms with E-state index in [0.29, 0.717) is 32.2 Å². The number of nitrogens with one attached hydrogen (secondary N) is 1. The Bertz CT molecular complexity index is 740. The number of fused-ring (bicyclic) bond motifs is 1. The molecule has 1 aromatic carbocycles. The SMILES string of the molecule is CCCC1(N2C(=O)c3ccccc3S2(=O)=O)CCCNC1=O. The molecule has 0 spiro atoms. The minimum absolute atomic E-state index is 0.00569. The normalized spacial score (nSPS) is 26.7. The van der Waals surface area contributed by atoms with E-state index < -0.39 is 21.5 Å². The van der Waals surface area contributed by atoms with Crippen LogP contribution in [0.25, 0.3) is 0 Å². The van der Waals surface area contributed by atoms with E-state index in [4.69, 9.17) is 0 Å². The molecule has 0 radical (unpaired) electrons. The van der Waals surface area contributed by atoms with E-state index in [2.05, 4.69) is 5.32 Å². The van der Waals surface area contributed by atoms with Gasteiger partial charge in [0.1, 0.15) is 10.4 Å². The summed E-state index contributed by atoms with van der Waals surface area (Å²) >= 11 is 0. The van der Waals surface area contributed by atoms with Crippen molar-refractivity contribution in [2.24, 2.45) is 0 Å². The summed E-state index contributed by atoms with van der Waals surface area (Å²) in [5.41, 5.74) is -1.15. The van der Waals surface area contributed by atoms with Crippen molar-refractivity contribution in [1.29, 1.82) is 0 Å². The summed E-state index contributed by atoms with van der Waals surface area (Å²) in [6, 6.07) is 6.13. The zero-order valence-electron chi connectivity index (χ0n) is 12.3. The maximum atomic E-state index is 12.8. The van der Waals surface area contributed by atoms with Crippen molar-refractivity contribution in [2.75, 3.05) is 6.54 Å². The lowest BCUT2D eigenvalue weighted by atomic mass is 9.84. The number of carbonyl (C=O) groups is 2. The van der Waals surface area contributed by atoms with Crippen molar-refractivity contribution >= 4 is 21.8 Å². The van der Waals surface area contributed by atoms with Crippen LogP contribution in [0.2, 0.25) is 0 Å². The molecule has 3 rings (SSSR count). The lowest BCUT2D eigenvalue weighted by Gasteiger charge is -2.41. The molecule has 0 aromatic heterocycles. The molecule has 0 aliphatic carbocycles. The number of amides is 2. The Morgan fingerprint density at radius 2 is 2.00 bits per heavy atom. The van der Waals surface area contributed by atoms with Gasteiger partial charge < -0.3 is 5.32 Å². The highest BCUT2D eigenvalue weighted by molar-refractivity contribution is 7.90. The van der Waals surface area contributed by atoms with Gasteiger partial charge in [-0.1, -0.05) is 25.5 Å². The zero-order valence-corrected chi connectivity index (χ0v) is 13.1. The van der Waals surface area contributed by atoms with E-state index in [0.717, 1.165) is 4.31 Å². The van der Waals surface area contributed by atoms with Crippen LogP contribution >= 0.6 is 0 Å². The smallest absolute Gasteiger partial charge is 0.270 e. The van der Waals surface area contributed by atoms with Crippen molar-refractivity contribution < 1.29 is 18.0 Å². The van der Waals surface area contributed by atoms with Crippen LogP contribution in [-0.4, -0.2) is 36.6 Å². The number of benzene rings is 1. The largest absolute Gasteiger partial charge is 0.354 e. The Morgan fingerprint density at radius 3 is 2.64 bits per heavy atom. The Hall–Kier alpha value is -1.89. The summed E-state index contributed by atoms with van der Waals surface area (Å²) in [5.74, 6) is -0.966. The minimum atomic E-state index is -3.99. The van der Waals surface area contributed by atoms with Crippen molar-refractivity contribution in [3.8, 4) is 0 Å². The molecule has 0 saturated carbocycles. The van der Waals surface area contributed by atoms with Gasteiger partial charge in [-0.25, -0.2) is 12.7 Å². The molecule has 2 aliphatic heterocycles. The Morgan fingerprint density at radius 1 is 1.27 bits per heavy atom. The van der Waals surface area contributed by atoms with E-state index in [1.54, 1.807) is 12.1 Å². The zero-order chi connectivity index (χ0) is 16.0. The number of nitrogens with zero attached hydrogens (tertiary/aromatic N) is 1. The molecule has 2 aliphatic rings. The number of hydrogen-bond acceptors (Lipinski definition) is 4. The average Bonchev–Trinajstić information content (AvgIpc) is 2.70. The molecule has 2 amide bonds. The van der Waals surface area contributed by atoms with Gasteiger partial charge in [0.05, 0.1) is 5.56 Å². The van der Waals surface area contributed by atoms with E-state index in [9.17, 15) is 18.0 Å². The molecule has 1 aromatic rings. The molecule has 6 nitrogen and oxygen atoms in total. The van der Waals surface area contributed by atoms with Crippen molar-refractivity contribution in [1.82, 2.24) is 9.62 Å². The predicted octanol–water partition coefficient (Wildman–Crippen LogP) is 1.28. The van der Waals surface area contributed by atoms with Crippen molar-refractivity contribution in [2.45, 2.75) is 43.0 Å². The maximum absolute atomic E-state index is 12.8. The lowest BCUT2D eigenvalue weighted by molar-refractivity contribution is -0.132. The molecule has 2 heterocycles. The first-order chi connectivity index (χ1) is 10.4. The minimum Gasteiger partial charge on any atom is -0.354 e. The second kappa shape index (κ2) is 5.08. The summed E-state index contributed by atoms with van der Waals surface area (Å²) < 4.78 is 26.5. The van der Waals surface area contributed by atoms with E-state index >= 15 is 0 Å². The Kier molecular flexibility index (Phi) is 3.47. The van der Waals surface area contributed by atoms with Crippen LogP contribution in [-0.2, 0) is 14.8 Å². The number of sulfonamides is 1. The first-order valence-electron chi connectivity index (χ1n) is 7.42. The molecule has 7 heteroatoms. The van der Waals surface area contributed by atoms with Gasteiger partial charge in [0, 0.05) is 6.54 Å². The van der Waals surface area contributed by atoms with Gasteiger partial charge in [0.15, 0.2) is 0 Å².